The molecule has 0 radical (unpaired) electrons. The van der Waals surface area contributed by atoms with Crippen LogP contribution in [0.15, 0.2) is 24.5 Å². The zero-order valence-corrected chi connectivity index (χ0v) is 29.9. The average molecular weight is 598 g/mol. The molecule has 1 heteroatoms. The predicted molar refractivity (Wildman–Crippen MR) is 195 cm³/mol. The van der Waals surface area contributed by atoms with Crippen molar-refractivity contribution in [2.75, 3.05) is 0 Å². The number of nitrogens with zero attached hydrogens (tertiary/aromatic N) is 1. The van der Waals surface area contributed by atoms with E-state index in [9.17, 15) is 0 Å². The van der Waals surface area contributed by atoms with Crippen LogP contribution in [0.2, 0.25) is 0 Å². The van der Waals surface area contributed by atoms with E-state index in [-0.39, 0.29) is 0 Å². The lowest BCUT2D eigenvalue weighted by Crippen LogP contribution is -2.00. The third-order valence-corrected chi connectivity index (χ3v) is 9.99. The minimum Gasteiger partial charge on any atom is -0.265 e. The van der Waals surface area contributed by atoms with Crippen molar-refractivity contribution in [1.82, 2.24) is 4.98 Å². The Balaban J connectivity index is 1.95. The van der Waals surface area contributed by atoms with Gasteiger partial charge in [-0.15, -0.1) is 0 Å². The second-order valence-electron chi connectivity index (χ2n) is 14.2. The van der Waals surface area contributed by atoms with Crippen molar-refractivity contribution in [2.24, 2.45) is 0 Å². The summed E-state index contributed by atoms with van der Waals surface area (Å²) >= 11 is 0. The molecule has 1 aromatic rings. The van der Waals surface area contributed by atoms with E-state index in [1.807, 2.05) is 12.4 Å². The van der Waals surface area contributed by atoms with E-state index >= 15 is 0 Å². The van der Waals surface area contributed by atoms with Gasteiger partial charge in [-0.1, -0.05) is 219 Å². The molecule has 1 rings (SSSR count). The molecule has 0 N–H and O–H groups in total. The zero-order valence-electron chi connectivity index (χ0n) is 29.9. The maximum absolute atomic E-state index is 4.29. The lowest BCUT2D eigenvalue weighted by atomic mass is 9.88. The molecule has 43 heavy (non-hydrogen) atoms. The number of aromatic nitrogens is 1. The van der Waals surface area contributed by atoms with Crippen LogP contribution in [-0.4, -0.2) is 4.98 Å². The topological polar surface area (TPSA) is 12.9 Å². The summed E-state index contributed by atoms with van der Waals surface area (Å²) in [5.74, 6) is 0.751. The number of hydrogen-bond donors (Lipinski definition) is 0. The molecule has 0 amide bonds. The van der Waals surface area contributed by atoms with Crippen molar-refractivity contribution >= 4 is 0 Å². The van der Waals surface area contributed by atoms with Crippen LogP contribution in [0.25, 0.3) is 0 Å². The molecule has 0 unspecified atom stereocenters. The molecular weight excluding hydrogens is 518 g/mol. The third-order valence-electron chi connectivity index (χ3n) is 9.99. The Kier molecular flexibility index (Phi) is 31.8. The zero-order chi connectivity index (χ0) is 30.7. The molecule has 0 aliphatic carbocycles. The molecule has 1 nitrogen and oxygen atoms in total. The molecule has 0 bridgehead atoms. The Morgan fingerprint density at radius 1 is 0.349 bits per heavy atom. The Bertz CT molecular complexity index is 589. The van der Waals surface area contributed by atoms with Crippen molar-refractivity contribution in [3.63, 3.8) is 0 Å². The van der Waals surface area contributed by atoms with Gasteiger partial charge in [-0.25, -0.2) is 0 Å². The Labute approximate surface area is 272 Å². The summed E-state index contributed by atoms with van der Waals surface area (Å²) in [4.78, 5) is 4.29. The molecule has 0 atom stereocenters. The fourth-order valence-electron chi connectivity index (χ4n) is 6.99. The van der Waals surface area contributed by atoms with E-state index in [4.69, 9.17) is 0 Å². The maximum Gasteiger partial charge on any atom is 0.0270 e. The van der Waals surface area contributed by atoms with Crippen LogP contribution in [-0.2, 0) is 0 Å². The van der Waals surface area contributed by atoms with E-state index in [1.54, 1.807) is 0 Å². The number of pyridine rings is 1. The first kappa shape index (κ1) is 40.2. The van der Waals surface area contributed by atoms with Crippen molar-refractivity contribution in [3.05, 3.63) is 30.1 Å². The van der Waals surface area contributed by atoms with Gasteiger partial charge in [0.2, 0.25) is 0 Å². The van der Waals surface area contributed by atoms with Gasteiger partial charge in [-0.2, -0.15) is 0 Å². The SMILES string of the molecule is CCCCCCCCCCCCCCCCCCC(CCCCCCCCCCCCCCCCCC)c1ccncc1. The first-order valence-electron chi connectivity index (χ1n) is 20.3. The van der Waals surface area contributed by atoms with Gasteiger partial charge in [0.25, 0.3) is 0 Å². The largest absolute Gasteiger partial charge is 0.265 e. The minimum absolute atomic E-state index is 0.751. The first-order chi connectivity index (χ1) is 21.4. The highest BCUT2D eigenvalue weighted by Crippen LogP contribution is 2.28. The highest BCUT2D eigenvalue weighted by atomic mass is 14.6. The van der Waals surface area contributed by atoms with E-state index in [2.05, 4.69) is 31.0 Å². The quantitative estimate of drug-likeness (QED) is 0.0709. The lowest BCUT2D eigenvalue weighted by molar-refractivity contribution is 0.479. The Hall–Kier alpha value is -0.850. The van der Waals surface area contributed by atoms with Crippen LogP contribution in [0.3, 0.4) is 0 Å². The van der Waals surface area contributed by atoms with E-state index in [1.165, 1.54) is 224 Å². The van der Waals surface area contributed by atoms with Gasteiger partial charge in [-0.3, -0.25) is 4.98 Å². The van der Waals surface area contributed by atoms with Gasteiger partial charge in [0, 0.05) is 12.4 Å². The Morgan fingerprint density at radius 2 is 0.581 bits per heavy atom. The number of unbranched alkanes of at least 4 members (excludes halogenated alkanes) is 30. The molecule has 0 aliphatic rings. The third kappa shape index (κ3) is 28.4. The summed E-state index contributed by atoms with van der Waals surface area (Å²) in [6.45, 7) is 4.62. The van der Waals surface area contributed by atoms with Gasteiger partial charge >= 0.3 is 0 Å². The van der Waals surface area contributed by atoms with Crippen molar-refractivity contribution in [1.29, 1.82) is 0 Å². The molecule has 0 saturated carbocycles. The smallest absolute Gasteiger partial charge is 0.0270 e. The molecule has 0 fully saturated rings. The van der Waals surface area contributed by atoms with Gasteiger partial charge in [0.15, 0.2) is 0 Å². The second-order valence-corrected chi connectivity index (χ2v) is 14.2. The fourth-order valence-corrected chi connectivity index (χ4v) is 6.99. The summed E-state index contributed by atoms with van der Waals surface area (Å²) in [5.41, 5.74) is 1.54. The number of hydrogen-bond acceptors (Lipinski definition) is 1. The highest BCUT2D eigenvalue weighted by molar-refractivity contribution is 5.15. The molecule has 0 aliphatic heterocycles. The van der Waals surface area contributed by atoms with E-state index in [0.717, 1.165) is 5.92 Å². The van der Waals surface area contributed by atoms with Gasteiger partial charge in [0.1, 0.15) is 0 Å². The molecule has 1 aromatic heterocycles. The molecular formula is C42H79N. The van der Waals surface area contributed by atoms with Crippen LogP contribution in [0.1, 0.15) is 244 Å². The van der Waals surface area contributed by atoms with Crippen LogP contribution in [0.4, 0.5) is 0 Å². The van der Waals surface area contributed by atoms with Crippen LogP contribution in [0.5, 0.6) is 0 Å². The summed E-state index contributed by atoms with van der Waals surface area (Å²) in [6, 6.07) is 4.56. The fraction of sp³-hybridized carbons (Fsp3) is 0.881. The predicted octanol–water partition coefficient (Wildman–Crippen LogP) is 15.5. The average Bonchev–Trinajstić information content (AvgIpc) is 3.03. The molecule has 0 saturated heterocycles. The minimum atomic E-state index is 0.751. The van der Waals surface area contributed by atoms with Crippen LogP contribution >= 0.6 is 0 Å². The van der Waals surface area contributed by atoms with Crippen LogP contribution in [0, 0.1) is 0 Å². The van der Waals surface area contributed by atoms with Crippen LogP contribution < -0.4 is 0 Å². The summed E-state index contributed by atoms with van der Waals surface area (Å²) in [5, 5.41) is 0. The van der Waals surface area contributed by atoms with Crippen molar-refractivity contribution in [2.45, 2.75) is 238 Å². The molecule has 1 heterocycles. The monoisotopic (exact) mass is 598 g/mol. The maximum atomic E-state index is 4.29. The second kappa shape index (κ2) is 34.0. The van der Waals surface area contributed by atoms with Crippen molar-refractivity contribution in [3.8, 4) is 0 Å². The van der Waals surface area contributed by atoms with Gasteiger partial charge < -0.3 is 0 Å². The molecule has 0 aromatic carbocycles. The summed E-state index contributed by atoms with van der Waals surface area (Å²) in [7, 11) is 0. The van der Waals surface area contributed by atoms with Gasteiger partial charge in [0.05, 0.1) is 0 Å². The summed E-state index contributed by atoms with van der Waals surface area (Å²) in [6.07, 6.45) is 53.2. The number of rotatable bonds is 35. The molecule has 252 valence electrons. The highest BCUT2D eigenvalue weighted by Gasteiger charge is 2.11. The Morgan fingerprint density at radius 3 is 0.837 bits per heavy atom. The van der Waals surface area contributed by atoms with Gasteiger partial charge in [-0.05, 0) is 36.5 Å². The molecule has 0 spiro atoms. The lowest BCUT2D eigenvalue weighted by Gasteiger charge is -2.17. The first-order valence-corrected chi connectivity index (χ1v) is 20.3. The van der Waals surface area contributed by atoms with Crippen molar-refractivity contribution < 1.29 is 0 Å². The van der Waals surface area contributed by atoms with E-state index < -0.39 is 0 Å². The summed E-state index contributed by atoms with van der Waals surface area (Å²) < 4.78 is 0. The van der Waals surface area contributed by atoms with E-state index in [0.29, 0.717) is 0 Å². The standard InChI is InChI=1S/C42H79N/c1-3-5-7-9-11-13-15-17-19-21-23-25-27-29-31-33-35-41(42-37-39-43-40-38-42)36-34-32-30-28-26-24-22-20-18-16-14-12-10-8-6-4-2/h37-41H,3-36H2,1-2H3. The normalized spacial score (nSPS) is 11.6.